The minimum Gasteiger partial charge on any atom is -0.369 e. The zero-order valence-electron chi connectivity index (χ0n) is 10.7. The predicted molar refractivity (Wildman–Crippen MR) is 81.5 cm³/mol. The van der Waals surface area contributed by atoms with Crippen molar-refractivity contribution in [2.24, 2.45) is 0 Å². The van der Waals surface area contributed by atoms with Crippen LogP contribution < -0.4 is 5.32 Å². The minimum atomic E-state index is -0.364. The zero-order chi connectivity index (χ0) is 13.8. The van der Waals surface area contributed by atoms with Gasteiger partial charge in [-0.1, -0.05) is 6.92 Å². The van der Waals surface area contributed by atoms with Crippen LogP contribution in [0.15, 0.2) is 18.3 Å². The molecule has 0 aliphatic heterocycles. The molecule has 0 saturated carbocycles. The summed E-state index contributed by atoms with van der Waals surface area (Å²) in [5, 5.41) is 3.21. The molecule has 6 heteroatoms. The van der Waals surface area contributed by atoms with E-state index in [4.69, 9.17) is 0 Å². The van der Waals surface area contributed by atoms with Gasteiger partial charge in [-0.3, -0.25) is 0 Å². The maximum Gasteiger partial charge on any atom is 0.180 e. The number of nitrogens with one attached hydrogen (secondary N) is 1. The molecule has 2 aromatic heterocycles. The van der Waals surface area contributed by atoms with Crippen molar-refractivity contribution in [1.82, 2.24) is 15.0 Å². The van der Waals surface area contributed by atoms with Gasteiger partial charge in [0.2, 0.25) is 0 Å². The molecule has 0 bridgehead atoms. The molecule has 0 aliphatic rings. The SMILES string of the molecule is CCNc1nc(-c2ccc(F)cn2)nc(CC)c1I. The third kappa shape index (κ3) is 3.17. The fourth-order valence-electron chi connectivity index (χ4n) is 1.64. The summed E-state index contributed by atoms with van der Waals surface area (Å²) in [6.07, 6.45) is 1.99. The number of aromatic nitrogens is 3. The molecular formula is C13H14FIN4. The van der Waals surface area contributed by atoms with E-state index in [1.54, 1.807) is 6.07 Å². The first-order valence-corrected chi connectivity index (χ1v) is 7.15. The van der Waals surface area contributed by atoms with Crippen molar-refractivity contribution in [3.05, 3.63) is 33.4 Å². The lowest BCUT2D eigenvalue weighted by molar-refractivity contribution is 0.621. The average molecular weight is 372 g/mol. The number of aryl methyl sites for hydroxylation is 1. The highest BCUT2D eigenvalue weighted by Crippen LogP contribution is 2.23. The number of hydrogen-bond acceptors (Lipinski definition) is 4. The minimum absolute atomic E-state index is 0.364. The summed E-state index contributed by atoms with van der Waals surface area (Å²) in [5.74, 6) is 0.959. The topological polar surface area (TPSA) is 50.7 Å². The van der Waals surface area contributed by atoms with Crippen molar-refractivity contribution in [2.75, 3.05) is 11.9 Å². The molecule has 1 N–H and O–H groups in total. The van der Waals surface area contributed by atoms with Crippen molar-refractivity contribution < 1.29 is 4.39 Å². The molecule has 0 amide bonds. The van der Waals surface area contributed by atoms with E-state index in [-0.39, 0.29) is 5.82 Å². The number of pyridine rings is 1. The van der Waals surface area contributed by atoms with Gasteiger partial charge < -0.3 is 5.32 Å². The number of rotatable bonds is 4. The largest absolute Gasteiger partial charge is 0.369 e. The molecule has 19 heavy (non-hydrogen) atoms. The summed E-state index contributed by atoms with van der Waals surface area (Å²) >= 11 is 2.24. The molecule has 100 valence electrons. The Morgan fingerprint density at radius 3 is 2.63 bits per heavy atom. The smallest absolute Gasteiger partial charge is 0.180 e. The van der Waals surface area contributed by atoms with Gasteiger partial charge in [0.1, 0.15) is 17.3 Å². The van der Waals surface area contributed by atoms with Crippen LogP contribution in [0.4, 0.5) is 10.2 Å². The Hall–Kier alpha value is -1.31. The van der Waals surface area contributed by atoms with Crippen LogP contribution in [-0.4, -0.2) is 21.5 Å². The monoisotopic (exact) mass is 372 g/mol. The van der Waals surface area contributed by atoms with Crippen molar-refractivity contribution in [3.8, 4) is 11.5 Å². The molecule has 4 nitrogen and oxygen atoms in total. The number of halogens is 2. The van der Waals surface area contributed by atoms with Gasteiger partial charge >= 0.3 is 0 Å². The molecule has 0 aliphatic carbocycles. The Morgan fingerprint density at radius 2 is 2.05 bits per heavy atom. The molecule has 0 saturated heterocycles. The Labute approximate surface area is 125 Å². The third-order valence-corrected chi connectivity index (χ3v) is 3.69. The van der Waals surface area contributed by atoms with E-state index in [0.717, 1.165) is 28.0 Å². The molecule has 2 rings (SSSR count). The van der Waals surface area contributed by atoms with Crippen LogP contribution >= 0.6 is 22.6 Å². The van der Waals surface area contributed by atoms with Gasteiger partial charge in [-0.15, -0.1) is 0 Å². The first-order valence-electron chi connectivity index (χ1n) is 6.07. The van der Waals surface area contributed by atoms with Gasteiger partial charge in [-0.05, 0) is 48.1 Å². The highest BCUT2D eigenvalue weighted by Gasteiger charge is 2.12. The molecule has 0 atom stereocenters. The Morgan fingerprint density at radius 1 is 1.26 bits per heavy atom. The predicted octanol–water partition coefficient (Wildman–Crippen LogP) is 3.28. The summed E-state index contributed by atoms with van der Waals surface area (Å²) < 4.78 is 13.9. The first-order chi connectivity index (χ1) is 9.15. The zero-order valence-corrected chi connectivity index (χ0v) is 12.9. The van der Waals surface area contributed by atoms with Gasteiger partial charge in [-0.2, -0.15) is 0 Å². The van der Waals surface area contributed by atoms with E-state index in [9.17, 15) is 4.39 Å². The van der Waals surface area contributed by atoms with Crippen LogP contribution in [0.3, 0.4) is 0 Å². The summed E-state index contributed by atoms with van der Waals surface area (Å²) in [7, 11) is 0. The lowest BCUT2D eigenvalue weighted by Crippen LogP contribution is -2.08. The Kier molecular flexibility index (Phi) is 4.62. The second kappa shape index (κ2) is 6.23. The van der Waals surface area contributed by atoms with E-state index >= 15 is 0 Å². The van der Waals surface area contributed by atoms with Gasteiger partial charge in [0.05, 0.1) is 15.5 Å². The standard InChI is InChI=1S/C13H14FIN4/c1-3-9-11(15)13(16-4-2)19-12(18-9)10-6-5-8(14)7-17-10/h5-7H,3-4H2,1-2H3,(H,16,18,19). The summed E-state index contributed by atoms with van der Waals surface area (Å²) in [4.78, 5) is 13.0. The molecule has 0 fully saturated rings. The van der Waals surface area contributed by atoms with Gasteiger partial charge in [0.15, 0.2) is 5.82 Å². The van der Waals surface area contributed by atoms with Gasteiger partial charge in [0.25, 0.3) is 0 Å². The lowest BCUT2D eigenvalue weighted by atomic mass is 10.2. The highest BCUT2D eigenvalue weighted by atomic mass is 127. The van der Waals surface area contributed by atoms with E-state index < -0.39 is 0 Å². The first kappa shape index (κ1) is 14.1. The maximum atomic E-state index is 12.9. The molecule has 2 heterocycles. The van der Waals surface area contributed by atoms with E-state index in [1.165, 1.54) is 12.3 Å². The quantitative estimate of drug-likeness (QED) is 0.838. The summed E-state index contributed by atoms with van der Waals surface area (Å²) in [6.45, 7) is 4.84. The Bertz CT molecular complexity index is 572. The fourth-order valence-corrected chi connectivity index (χ4v) is 2.45. The van der Waals surface area contributed by atoms with E-state index in [0.29, 0.717) is 11.5 Å². The third-order valence-electron chi connectivity index (χ3n) is 2.56. The molecule has 0 radical (unpaired) electrons. The van der Waals surface area contributed by atoms with Crippen molar-refractivity contribution in [3.63, 3.8) is 0 Å². The lowest BCUT2D eigenvalue weighted by Gasteiger charge is -2.10. The number of nitrogens with zero attached hydrogens (tertiary/aromatic N) is 3. The van der Waals surface area contributed by atoms with Crippen LogP contribution in [0.25, 0.3) is 11.5 Å². The van der Waals surface area contributed by atoms with Gasteiger partial charge in [0, 0.05) is 6.54 Å². The van der Waals surface area contributed by atoms with Crippen molar-refractivity contribution in [2.45, 2.75) is 20.3 Å². The molecule has 0 unspecified atom stereocenters. The fraction of sp³-hybridized carbons (Fsp3) is 0.308. The summed E-state index contributed by atoms with van der Waals surface area (Å²) in [5.41, 5.74) is 1.54. The summed E-state index contributed by atoms with van der Waals surface area (Å²) in [6, 6.07) is 2.95. The molecule has 0 spiro atoms. The average Bonchev–Trinajstić information content (AvgIpc) is 2.42. The van der Waals surface area contributed by atoms with E-state index in [1.807, 2.05) is 13.8 Å². The second-order valence-corrected chi connectivity index (χ2v) is 4.98. The molecule has 2 aromatic rings. The van der Waals surface area contributed by atoms with Gasteiger partial charge in [-0.25, -0.2) is 19.3 Å². The molecular weight excluding hydrogens is 358 g/mol. The van der Waals surface area contributed by atoms with Crippen LogP contribution in [-0.2, 0) is 6.42 Å². The molecule has 0 aromatic carbocycles. The van der Waals surface area contributed by atoms with Crippen LogP contribution in [0.1, 0.15) is 19.5 Å². The van der Waals surface area contributed by atoms with E-state index in [2.05, 4.69) is 42.9 Å². The van der Waals surface area contributed by atoms with Crippen LogP contribution in [0, 0.1) is 9.39 Å². The number of hydrogen-bond donors (Lipinski definition) is 1. The number of anilines is 1. The van der Waals surface area contributed by atoms with Crippen molar-refractivity contribution >= 4 is 28.4 Å². The van der Waals surface area contributed by atoms with Crippen LogP contribution in [0.5, 0.6) is 0 Å². The normalized spacial score (nSPS) is 10.5. The Balaban J connectivity index is 2.51. The van der Waals surface area contributed by atoms with Crippen molar-refractivity contribution in [1.29, 1.82) is 0 Å². The second-order valence-electron chi connectivity index (χ2n) is 3.90. The maximum absolute atomic E-state index is 12.9. The highest BCUT2D eigenvalue weighted by molar-refractivity contribution is 14.1. The van der Waals surface area contributed by atoms with Crippen LogP contribution in [0.2, 0.25) is 0 Å².